The van der Waals surface area contributed by atoms with Gasteiger partial charge in [-0.15, -0.1) is 0 Å². The molecular weight excluding hydrogens is 210 g/mol. The Bertz CT molecular complexity index is 255. The first kappa shape index (κ1) is 8.46. The molecule has 1 N–H and O–H groups in total. The number of halogens is 1. The first-order valence-corrected chi connectivity index (χ1v) is 3.97. The number of allylic oxidation sites excluding steroid dienone is 2. The summed E-state index contributed by atoms with van der Waals surface area (Å²) in [5, 5.41) is 2.55. The highest BCUT2D eigenvalue weighted by molar-refractivity contribution is 9.10. The van der Waals surface area contributed by atoms with E-state index in [1.807, 2.05) is 0 Å². The summed E-state index contributed by atoms with van der Waals surface area (Å²) < 4.78 is -1.08. The van der Waals surface area contributed by atoms with Gasteiger partial charge in [0.25, 0.3) is 0 Å². The molecule has 1 heterocycles. The third-order valence-electron chi connectivity index (χ3n) is 1.55. The summed E-state index contributed by atoms with van der Waals surface area (Å²) in [6, 6.07) is 0. The molecule has 0 aliphatic carbocycles. The molecule has 0 saturated carbocycles. The summed E-state index contributed by atoms with van der Waals surface area (Å²) >= 11 is 3.04. The van der Waals surface area contributed by atoms with Crippen LogP contribution in [0.25, 0.3) is 0 Å². The van der Waals surface area contributed by atoms with E-state index >= 15 is 0 Å². The number of carbonyl (C=O) groups excluding carboxylic acids is 2. The Morgan fingerprint density at radius 2 is 2.09 bits per heavy atom. The lowest BCUT2D eigenvalue weighted by atomic mass is 10.0. The molecule has 1 atom stereocenters. The summed E-state index contributed by atoms with van der Waals surface area (Å²) in [6.07, 6.45) is 1.41. The molecule has 0 aromatic heterocycles. The van der Waals surface area contributed by atoms with Crippen LogP contribution in [0.4, 0.5) is 0 Å². The molecule has 1 amide bonds. The van der Waals surface area contributed by atoms with Crippen LogP contribution < -0.4 is 5.32 Å². The fourth-order valence-electron chi connectivity index (χ4n) is 0.777. The summed E-state index contributed by atoms with van der Waals surface area (Å²) in [7, 11) is 0. The van der Waals surface area contributed by atoms with Gasteiger partial charge in [-0.05, 0) is 13.8 Å². The lowest BCUT2D eigenvalue weighted by Crippen LogP contribution is -2.48. The average Bonchev–Trinajstić information content (AvgIpc) is 1.84. The van der Waals surface area contributed by atoms with Crippen molar-refractivity contribution in [3.8, 4) is 0 Å². The van der Waals surface area contributed by atoms with Crippen LogP contribution in [0.5, 0.6) is 0 Å². The first-order valence-electron chi connectivity index (χ1n) is 3.17. The van der Waals surface area contributed by atoms with Crippen LogP contribution in [0.15, 0.2) is 11.8 Å². The highest BCUT2D eigenvalue weighted by Crippen LogP contribution is 2.23. The quantitative estimate of drug-likeness (QED) is 0.481. The van der Waals surface area contributed by atoms with Crippen molar-refractivity contribution in [3.63, 3.8) is 0 Å². The zero-order valence-corrected chi connectivity index (χ0v) is 7.86. The maximum Gasteiger partial charge on any atom is 0.248 e. The molecule has 11 heavy (non-hydrogen) atoms. The molecule has 1 aliphatic rings. The largest absolute Gasteiger partial charge is 0.328 e. The molecule has 0 spiro atoms. The van der Waals surface area contributed by atoms with E-state index in [9.17, 15) is 9.59 Å². The minimum atomic E-state index is -1.08. The Morgan fingerprint density at radius 3 is 2.55 bits per heavy atom. The van der Waals surface area contributed by atoms with Gasteiger partial charge in [0.05, 0.1) is 0 Å². The van der Waals surface area contributed by atoms with Crippen LogP contribution in [0.2, 0.25) is 0 Å². The van der Waals surface area contributed by atoms with Crippen molar-refractivity contribution in [1.82, 2.24) is 5.32 Å². The van der Waals surface area contributed by atoms with Gasteiger partial charge in [-0.25, -0.2) is 0 Å². The summed E-state index contributed by atoms with van der Waals surface area (Å²) in [5.41, 5.74) is 0.594. The second-order valence-corrected chi connectivity index (χ2v) is 4.23. The molecule has 0 aromatic carbocycles. The number of alkyl halides is 1. The maximum absolute atomic E-state index is 11.2. The van der Waals surface area contributed by atoms with Crippen LogP contribution in [-0.2, 0) is 9.59 Å². The number of hydrogen-bond donors (Lipinski definition) is 1. The van der Waals surface area contributed by atoms with Gasteiger partial charge in [-0.1, -0.05) is 15.9 Å². The van der Waals surface area contributed by atoms with E-state index in [-0.39, 0.29) is 11.7 Å². The van der Waals surface area contributed by atoms with E-state index in [0.29, 0.717) is 5.70 Å². The zero-order chi connectivity index (χ0) is 8.65. The van der Waals surface area contributed by atoms with Gasteiger partial charge in [0, 0.05) is 11.8 Å². The lowest BCUT2D eigenvalue weighted by Gasteiger charge is -2.23. The number of ketones is 1. The van der Waals surface area contributed by atoms with Gasteiger partial charge >= 0.3 is 0 Å². The van der Waals surface area contributed by atoms with Gasteiger partial charge in [0.15, 0.2) is 10.1 Å². The summed E-state index contributed by atoms with van der Waals surface area (Å²) in [5.74, 6) is -0.513. The molecule has 0 fully saturated rings. The standard InChI is InChI=1S/C7H8BrNO2/c1-4-3-5(10)7(2,8)6(11)9-4/h3H,1-2H3,(H,9,11). The Kier molecular flexibility index (Phi) is 1.88. The van der Waals surface area contributed by atoms with E-state index in [2.05, 4.69) is 21.2 Å². The molecule has 1 rings (SSSR count). The molecule has 0 aromatic rings. The number of rotatable bonds is 0. The molecule has 4 heteroatoms. The Balaban J connectivity index is 3.06. The second kappa shape index (κ2) is 2.44. The monoisotopic (exact) mass is 217 g/mol. The Morgan fingerprint density at radius 1 is 1.55 bits per heavy atom. The number of amides is 1. The summed E-state index contributed by atoms with van der Waals surface area (Å²) in [6.45, 7) is 3.21. The van der Waals surface area contributed by atoms with Crippen molar-refractivity contribution in [3.05, 3.63) is 11.8 Å². The number of carbonyl (C=O) groups is 2. The predicted molar refractivity (Wildman–Crippen MR) is 44.2 cm³/mol. The van der Waals surface area contributed by atoms with Crippen LogP contribution in [0.1, 0.15) is 13.8 Å². The van der Waals surface area contributed by atoms with Crippen LogP contribution in [0, 0.1) is 0 Å². The predicted octanol–water partition coefficient (Wildman–Crippen LogP) is 0.743. The molecule has 60 valence electrons. The van der Waals surface area contributed by atoms with Crippen molar-refractivity contribution < 1.29 is 9.59 Å². The molecule has 1 unspecified atom stereocenters. The van der Waals surface area contributed by atoms with E-state index in [1.54, 1.807) is 6.92 Å². The van der Waals surface area contributed by atoms with Crippen LogP contribution in [0.3, 0.4) is 0 Å². The zero-order valence-electron chi connectivity index (χ0n) is 6.27. The minimum Gasteiger partial charge on any atom is -0.328 e. The topological polar surface area (TPSA) is 46.2 Å². The Labute approximate surface area is 73.0 Å². The fourth-order valence-corrected chi connectivity index (χ4v) is 0.990. The van der Waals surface area contributed by atoms with Crippen molar-refractivity contribution in [2.24, 2.45) is 0 Å². The van der Waals surface area contributed by atoms with Crippen molar-refractivity contribution >= 4 is 27.6 Å². The van der Waals surface area contributed by atoms with Gasteiger partial charge in [-0.3, -0.25) is 9.59 Å². The second-order valence-electron chi connectivity index (χ2n) is 2.65. The van der Waals surface area contributed by atoms with Gasteiger partial charge in [0.1, 0.15) is 0 Å². The smallest absolute Gasteiger partial charge is 0.248 e. The number of nitrogens with one attached hydrogen (secondary N) is 1. The maximum atomic E-state index is 11.2. The van der Waals surface area contributed by atoms with Crippen molar-refractivity contribution in [1.29, 1.82) is 0 Å². The Hall–Kier alpha value is -0.640. The molecule has 0 saturated heterocycles. The van der Waals surface area contributed by atoms with E-state index < -0.39 is 4.32 Å². The summed E-state index contributed by atoms with van der Waals surface area (Å²) in [4.78, 5) is 22.3. The van der Waals surface area contributed by atoms with Gasteiger partial charge in [0.2, 0.25) is 5.91 Å². The molecule has 1 aliphatic heterocycles. The highest BCUT2D eigenvalue weighted by atomic mass is 79.9. The van der Waals surface area contributed by atoms with Crippen LogP contribution >= 0.6 is 15.9 Å². The third-order valence-corrected chi connectivity index (χ3v) is 2.30. The van der Waals surface area contributed by atoms with E-state index in [4.69, 9.17) is 0 Å². The minimum absolute atomic E-state index is 0.209. The van der Waals surface area contributed by atoms with Gasteiger partial charge in [-0.2, -0.15) is 0 Å². The highest BCUT2D eigenvalue weighted by Gasteiger charge is 2.39. The third kappa shape index (κ3) is 1.35. The lowest BCUT2D eigenvalue weighted by molar-refractivity contribution is -0.129. The SMILES string of the molecule is CC1=CC(=O)C(C)(Br)C(=O)N1. The molecule has 0 radical (unpaired) electrons. The van der Waals surface area contributed by atoms with E-state index in [0.717, 1.165) is 0 Å². The van der Waals surface area contributed by atoms with Crippen molar-refractivity contribution in [2.45, 2.75) is 18.2 Å². The van der Waals surface area contributed by atoms with Crippen LogP contribution in [-0.4, -0.2) is 16.0 Å². The average molecular weight is 218 g/mol. The van der Waals surface area contributed by atoms with Gasteiger partial charge < -0.3 is 5.32 Å². The number of hydrogen-bond acceptors (Lipinski definition) is 2. The van der Waals surface area contributed by atoms with Crippen molar-refractivity contribution in [2.75, 3.05) is 0 Å². The van der Waals surface area contributed by atoms with E-state index in [1.165, 1.54) is 13.0 Å². The first-order chi connectivity index (χ1) is 4.94. The normalized spacial score (nSPS) is 31.4. The molecule has 3 nitrogen and oxygen atoms in total. The fraction of sp³-hybridized carbons (Fsp3) is 0.429. The molecular formula is C7H8BrNO2. The molecule has 0 bridgehead atoms.